The van der Waals surface area contributed by atoms with Gasteiger partial charge in [-0.25, -0.2) is 4.79 Å². The van der Waals surface area contributed by atoms with Crippen LogP contribution in [0.4, 0.5) is 0 Å². The zero-order valence-electron chi connectivity index (χ0n) is 16.6. The predicted octanol–water partition coefficient (Wildman–Crippen LogP) is 4.02. The van der Waals surface area contributed by atoms with Gasteiger partial charge in [0.1, 0.15) is 5.75 Å². The summed E-state index contributed by atoms with van der Waals surface area (Å²) in [4.78, 5) is 24.4. The van der Waals surface area contributed by atoms with Crippen LogP contribution in [0, 0.1) is 10.8 Å². The Balaban J connectivity index is 2.06. The molecule has 0 aliphatic heterocycles. The summed E-state index contributed by atoms with van der Waals surface area (Å²) in [6, 6.07) is 6.46. The molecule has 1 aliphatic carbocycles. The number of amides is 1. The smallest absolute Gasteiger partial charge is 0.333 e. The SMILES string of the molecule is COC(=O)C(NC(=O)C(C)(C)C)c1ccc(OCC2(C)CCCC2)cc1. The number of carbonyl (C=O) groups excluding carboxylic acids is 2. The molecule has 1 aliphatic rings. The van der Waals surface area contributed by atoms with Crippen LogP contribution in [0.15, 0.2) is 24.3 Å². The maximum atomic E-state index is 12.3. The van der Waals surface area contributed by atoms with Crippen molar-refractivity contribution in [3.63, 3.8) is 0 Å². The van der Waals surface area contributed by atoms with Crippen molar-refractivity contribution in [3.05, 3.63) is 29.8 Å². The lowest BCUT2D eigenvalue weighted by Gasteiger charge is -2.24. The van der Waals surface area contributed by atoms with Crippen LogP contribution in [0.1, 0.15) is 65.0 Å². The van der Waals surface area contributed by atoms with E-state index in [1.54, 1.807) is 32.9 Å². The second-order valence-electron chi connectivity index (χ2n) is 8.56. The lowest BCUT2D eigenvalue weighted by atomic mass is 9.90. The van der Waals surface area contributed by atoms with E-state index in [0.717, 1.165) is 5.75 Å². The van der Waals surface area contributed by atoms with E-state index in [4.69, 9.17) is 9.47 Å². The van der Waals surface area contributed by atoms with Gasteiger partial charge in [0, 0.05) is 10.8 Å². The minimum Gasteiger partial charge on any atom is -0.493 e. The number of esters is 1. The molecule has 1 atom stereocenters. The fraction of sp³-hybridized carbons (Fsp3) is 0.619. The molecule has 1 aromatic rings. The Hall–Kier alpha value is -2.04. The molecular weight excluding hydrogens is 330 g/mol. The third-order valence-electron chi connectivity index (χ3n) is 5.00. The molecule has 1 aromatic carbocycles. The summed E-state index contributed by atoms with van der Waals surface area (Å²) in [5.74, 6) is 0.0739. The van der Waals surface area contributed by atoms with Crippen molar-refractivity contribution in [1.29, 1.82) is 0 Å². The highest BCUT2D eigenvalue weighted by Gasteiger charge is 2.30. The monoisotopic (exact) mass is 361 g/mol. The van der Waals surface area contributed by atoms with Gasteiger partial charge in [0.25, 0.3) is 0 Å². The molecule has 0 aromatic heterocycles. The van der Waals surface area contributed by atoms with Gasteiger partial charge < -0.3 is 14.8 Å². The molecule has 2 rings (SSSR count). The van der Waals surface area contributed by atoms with E-state index in [-0.39, 0.29) is 11.3 Å². The average Bonchev–Trinajstić information content (AvgIpc) is 3.04. The van der Waals surface area contributed by atoms with Crippen molar-refractivity contribution in [2.45, 2.75) is 59.4 Å². The lowest BCUT2D eigenvalue weighted by molar-refractivity contribution is -0.146. The number of hydrogen-bond donors (Lipinski definition) is 1. The minimum absolute atomic E-state index is 0.206. The van der Waals surface area contributed by atoms with Crippen molar-refractivity contribution in [2.24, 2.45) is 10.8 Å². The van der Waals surface area contributed by atoms with Gasteiger partial charge in [-0.2, -0.15) is 0 Å². The molecular formula is C21H31NO4. The molecule has 1 fully saturated rings. The summed E-state index contributed by atoms with van der Waals surface area (Å²) < 4.78 is 10.8. The molecule has 1 unspecified atom stereocenters. The summed E-state index contributed by atoms with van der Waals surface area (Å²) in [7, 11) is 1.32. The van der Waals surface area contributed by atoms with Crippen LogP contribution >= 0.6 is 0 Å². The van der Waals surface area contributed by atoms with Crippen LogP contribution in [-0.4, -0.2) is 25.6 Å². The van der Waals surface area contributed by atoms with Crippen molar-refractivity contribution in [3.8, 4) is 5.75 Å². The van der Waals surface area contributed by atoms with Gasteiger partial charge >= 0.3 is 5.97 Å². The Labute approximate surface area is 156 Å². The maximum Gasteiger partial charge on any atom is 0.333 e. The molecule has 0 saturated heterocycles. The van der Waals surface area contributed by atoms with Crippen LogP contribution in [0.3, 0.4) is 0 Å². The molecule has 26 heavy (non-hydrogen) atoms. The molecule has 144 valence electrons. The summed E-state index contributed by atoms with van der Waals surface area (Å²) in [5, 5.41) is 2.77. The highest BCUT2D eigenvalue weighted by molar-refractivity contribution is 5.88. The summed E-state index contributed by atoms with van der Waals surface area (Å²) in [6.45, 7) is 8.38. The first-order valence-corrected chi connectivity index (χ1v) is 9.26. The van der Waals surface area contributed by atoms with Gasteiger partial charge in [-0.3, -0.25) is 4.79 Å². The molecule has 5 nitrogen and oxygen atoms in total. The van der Waals surface area contributed by atoms with E-state index in [0.29, 0.717) is 12.2 Å². The van der Waals surface area contributed by atoms with Crippen molar-refractivity contribution >= 4 is 11.9 Å². The Kier molecular flexibility index (Phi) is 6.32. The van der Waals surface area contributed by atoms with E-state index >= 15 is 0 Å². The largest absolute Gasteiger partial charge is 0.493 e. The molecule has 0 heterocycles. The van der Waals surface area contributed by atoms with Gasteiger partial charge in [0.15, 0.2) is 6.04 Å². The van der Waals surface area contributed by atoms with Gasteiger partial charge in [0.2, 0.25) is 5.91 Å². The Morgan fingerprint density at radius 3 is 2.23 bits per heavy atom. The first kappa shape index (κ1) is 20.3. The summed E-state index contributed by atoms with van der Waals surface area (Å²) in [5.41, 5.74) is 0.342. The van der Waals surface area contributed by atoms with Crippen molar-refractivity contribution in [1.82, 2.24) is 5.32 Å². The van der Waals surface area contributed by atoms with E-state index in [9.17, 15) is 9.59 Å². The number of nitrogens with one attached hydrogen (secondary N) is 1. The second-order valence-corrected chi connectivity index (χ2v) is 8.56. The highest BCUT2D eigenvalue weighted by atomic mass is 16.5. The van der Waals surface area contributed by atoms with Crippen LogP contribution in [0.25, 0.3) is 0 Å². The lowest BCUT2D eigenvalue weighted by Crippen LogP contribution is -2.40. The normalized spacial score (nSPS) is 17.4. The first-order chi connectivity index (χ1) is 12.1. The average molecular weight is 361 g/mol. The summed E-state index contributed by atoms with van der Waals surface area (Å²) >= 11 is 0. The van der Waals surface area contributed by atoms with Crippen molar-refractivity contribution < 1.29 is 19.1 Å². The topological polar surface area (TPSA) is 64.6 Å². The van der Waals surface area contributed by atoms with Crippen LogP contribution in [-0.2, 0) is 14.3 Å². The Morgan fingerprint density at radius 2 is 1.73 bits per heavy atom. The van der Waals surface area contributed by atoms with E-state index in [2.05, 4.69) is 12.2 Å². The highest BCUT2D eigenvalue weighted by Crippen LogP contribution is 2.37. The van der Waals surface area contributed by atoms with Gasteiger partial charge in [-0.05, 0) is 30.5 Å². The standard InChI is InChI=1S/C21H31NO4/c1-20(2,3)19(24)22-17(18(23)25-5)15-8-10-16(11-9-15)26-14-21(4)12-6-7-13-21/h8-11,17H,6-7,12-14H2,1-5H3,(H,22,24). The number of ether oxygens (including phenoxy) is 2. The number of benzene rings is 1. The molecule has 1 amide bonds. The molecule has 5 heteroatoms. The molecule has 0 radical (unpaired) electrons. The van der Waals surface area contributed by atoms with Crippen LogP contribution < -0.4 is 10.1 Å². The fourth-order valence-corrected chi connectivity index (χ4v) is 3.13. The quantitative estimate of drug-likeness (QED) is 0.777. The van der Waals surface area contributed by atoms with E-state index in [1.807, 2.05) is 12.1 Å². The first-order valence-electron chi connectivity index (χ1n) is 9.26. The predicted molar refractivity (Wildman–Crippen MR) is 101 cm³/mol. The minimum atomic E-state index is -0.826. The maximum absolute atomic E-state index is 12.3. The number of methoxy groups -OCH3 is 1. The third-order valence-corrected chi connectivity index (χ3v) is 5.00. The Bertz CT molecular complexity index is 624. The Morgan fingerprint density at radius 1 is 1.15 bits per heavy atom. The third kappa shape index (κ3) is 5.23. The zero-order valence-corrected chi connectivity index (χ0v) is 16.6. The van der Waals surface area contributed by atoms with E-state index < -0.39 is 17.4 Å². The van der Waals surface area contributed by atoms with Gasteiger partial charge in [-0.15, -0.1) is 0 Å². The molecule has 0 spiro atoms. The summed E-state index contributed by atoms with van der Waals surface area (Å²) in [6.07, 6.45) is 4.95. The second kappa shape index (κ2) is 8.11. The van der Waals surface area contributed by atoms with Crippen molar-refractivity contribution in [2.75, 3.05) is 13.7 Å². The van der Waals surface area contributed by atoms with Crippen LogP contribution in [0.2, 0.25) is 0 Å². The number of rotatable bonds is 6. The van der Waals surface area contributed by atoms with Crippen LogP contribution in [0.5, 0.6) is 5.75 Å². The number of hydrogen-bond acceptors (Lipinski definition) is 4. The molecule has 1 saturated carbocycles. The zero-order chi connectivity index (χ0) is 19.4. The van der Waals surface area contributed by atoms with Gasteiger partial charge in [-0.1, -0.05) is 52.7 Å². The number of carbonyl (C=O) groups is 2. The molecule has 1 N–H and O–H groups in total. The van der Waals surface area contributed by atoms with Gasteiger partial charge in [0.05, 0.1) is 13.7 Å². The molecule has 0 bridgehead atoms. The fourth-order valence-electron chi connectivity index (χ4n) is 3.13. The van der Waals surface area contributed by atoms with E-state index in [1.165, 1.54) is 32.8 Å².